The smallest absolute Gasteiger partial charge is 0.281 e. The van der Waals surface area contributed by atoms with Gasteiger partial charge in [-0.2, -0.15) is 0 Å². The minimum atomic E-state index is 0. The van der Waals surface area contributed by atoms with Crippen LogP contribution in [0.4, 0.5) is 0 Å². The Morgan fingerprint density at radius 1 is 0.579 bits per heavy atom. The van der Waals surface area contributed by atoms with Crippen molar-refractivity contribution >= 4 is 35.1 Å². The van der Waals surface area contributed by atoms with E-state index in [2.05, 4.69) is 47.9 Å². The van der Waals surface area contributed by atoms with Crippen LogP contribution in [0.5, 0.6) is 0 Å². The number of hydrogen-bond donors (Lipinski definition) is 0. The minimum absolute atomic E-state index is 0. The summed E-state index contributed by atoms with van der Waals surface area (Å²) < 4.78 is 0. The van der Waals surface area contributed by atoms with Crippen molar-refractivity contribution in [2.45, 2.75) is 40.0 Å². The molecule has 4 nitrogen and oxygen atoms in total. The van der Waals surface area contributed by atoms with Gasteiger partial charge in [-0.1, -0.05) is 40.0 Å². The molecule has 19 heavy (non-hydrogen) atoms. The molecule has 6 heteroatoms. The second kappa shape index (κ2) is 65.1. The van der Waals surface area contributed by atoms with E-state index in [1.54, 1.807) is 0 Å². The average molecular weight is 373 g/mol. The summed E-state index contributed by atoms with van der Waals surface area (Å²) in [5.41, 5.74) is 0. The average Bonchev–Trinajstić information content (AvgIpc) is 2.48. The fourth-order valence-corrected chi connectivity index (χ4v) is 3.85. The van der Waals surface area contributed by atoms with Gasteiger partial charge in [0.1, 0.15) is 0 Å². The maximum absolute atomic E-state index is 7.50. The van der Waals surface area contributed by atoms with E-state index in [4.69, 9.17) is 19.2 Å². The Kier molecular flexibility index (Phi) is 124. The van der Waals surface area contributed by atoms with E-state index in [-0.39, 0.29) is 19.5 Å². The summed E-state index contributed by atoms with van der Waals surface area (Å²) in [6.45, 7) is 24.9. The molecular weight excluding hydrogens is 352 g/mol. The van der Waals surface area contributed by atoms with Crippen LogP contribution in [0.15, 0.2) is 0 Å². The fourth-order valence-electron chi connectivity index (χ4n) is 1.28. The van der Waals surface area contributed by atoms with Crippen molar-refractivity contribution in [3.05, 3.63) is 0 Å². The third-order valence-electron chi connectivity index (χ3n) is 1.62. The van der Waals surface area contributed by atoms with Crippen LogP contribution in [0.2, 0.25) is 0 Å². The molecule has 0 aromatic carbocycles. The van der Waals surface area contributed by atoms with E-state index in [0.717, 1.165) is 0 Å². The van der Waals surface area contributed by atoms with Gasteiger partial charge in [0.25, 0.3) is 27.2 Å². The second-order valence-corrected chi connectivity index (χ2v) is 5.52. The normalized spacial score (nSPS) is 6.53. The maximum atomic E-state index is 7.50. The fraction of sp³-hybridized carbons (Fsp3) is 0.692. The van der Waals surface area contributed by atoms with Crippen LogP contribution in [-0.4, -0.2) is 45.6 Å². The van der Waals surface area contributed by atoms with Crippen LogP contribution < -0.4 is 0 Å². The van der Waals surface area contributed by atoms with Gasteiger partial charge in [-0.25, -0.2) is 0 Å². The Hall–Kier alpha value is -0.267. The standard InChI is InChI=1S/C9H21P.4CO.Ru/c1-4-7-10(8-5-2)9-6-3;4*1-2;/h4-9H2,1-3H3;;;;;. The van der Waals surface area contributed by atoms with E-state index >= 15 is 0 Å². The van der Waals surface area contributed by atoms with Crippen LogP contribution in [0.3, 0.4) is 0 Å². The SMILES string of the molecule is CCCP(CCC)CCC.[C]=O.[C]=O.[C]=O.[C]=O.[Ru]. The molecule has 0 N–H and O–H groups in total. The quantitative estimate of drug-likeness (QED) is 0.528. The molecule has 110 valence electrons. The monoisotopic (exact) mass is 374 g/mol. The molecule has 0 bridgehead atoms. The largest absolute Gasteiger partial charge is 0.281 e. The first-order valence-electron chi connectivity index (χ1n) is 5.39. The van der Waals surface area contributed by atoms with Gasteiger partial charge < -0.3 is 0 Å². The number of hydrogen-bond acceptors (Lipinski definition) is 4. The summed E-state index contributed by atoms with van der Waals surface area (Å²) in [4.78, 5) is 30.0. The summed E-state index contributed by atoms with van der Waals surface area (Å²) in [5.74, 6) is 0. The first-order valence-corrected chi connectivity index (χ1v) is 7.28. The van der Waals surface area contributed by atoms with Gasteiger partial charge in [0.15, 0.2) is 0 Å². The zero-order chi connectivity index (χ0) is 15.8. The second-order valence-electron chi connectivity index (χ2n) is 2.84. The topological polar surface area (TPSA) is 68.3 Å². The van der Waals surface area contributed by atoms with Gasteiger partial charge in [0.05, 0.1) is 0 Å². The molecule has 0 heterocycles. The summed E-state index contributed by atoms with van der Waals surface area (Å²) in [6, 6.07) is 0. The maximum Gasteiger partial charge on any atom is 0.281 e. The van der Waals surface area contributed by atoms with Crippen molar-refractivity contribution in [1.29, 1.82) is 0 Å². The summed E-state index contributed by atoms with van der Waals surface area (Å²) in [6.07, 6.45) is 8.72. The van der Waals surface area contributed by atoms with Crippen molar-refractivity contribution in [3.8, 4) is 0 Å². The molecule has 8 radical (unpaired) electrons. The molecular formula is C13H21O4PRu. The van der Waals surface area contributed by atoms with E-state index in [9.17, 15) is 0 Å². The molecule has 0 unspecified atom stereocenters. The Balaban J connectivity index is -0.0000000401. The third-order valence-corrected chi connectivity index (χ3v) is 4.86. The number of rotatable bonds is 6. The van der Waals surface area contributed by atoms with Crippen molar-refractivity contribution in [3.63, 3.8) is 0 Å². The molecule has 0 atom stereocenters. The van der Waals surface area contributed by atoms with Gasteiger partial charge >= 0.3 is 0 Å². The van der Waals surface area contributed by atoms with Gasteiger partial charge in [0, 0.05) is 19.5 Å². The molecule has 0 fully saturated rings. The Morgan fingerprint density at radius 2 is 0.737 bits per heavy atom. The minimum Gasteiger partial charge on any atom is -0.281 e. The zero-order valence-electron chi connectivity index (χ0n) is 11.7. The van der Waals surface area contributed by atoms with Crippen molar-refractivity contribution in [1.82, 2.24) is 0 Å². The first kappa shape index (κ1) is 36.3. The van der Waals surface area contributed by atoms with Gasteiger partial charge in [-0.15, -0.1) is 7.92 Å². The van der Waals surface area contributed by atoms with E-state index in [1.807, 2.05) is 0 Å². The van der Waals surface area contributed by atoms with Gasteiger partial charge in [0.2, 0.25) is 0 Å². The van der Waals surface area contributed by atoms with Crippen molar-refractivity contribution in [2.75, 3.05) is 18.5 Å². The molecule has 0 amide bonds. The third kappa shape index (κ3) is 57.6. The molecule has 0 aromatic heterocycles. The summed E-state index contributed by atoms with van der Waals surface area (Å²) in [5, 5.41) is 0. The van der Waals surface area contributed by atoms with Crippen LogP contribution in [0.1, 0.15) is 40.0 Å². The zero-order valence-corrected chi connectivity index (χ0v) is 14.3. The molecule has 0 saturated heterocycles. The molecule has 0 aromatic rings. The Labute approximate surface area is 132 Å². The van der Waals surface area contributed by atoms with Crippen molar-refractivity contribution in [2.24, 2.45) is 0 Å². The van der Waals surface area contributed by atoms with E-state index < -0.39 is 0 Å². The molecule has 0 spiro atoms. The van der Waals surface area contributed by atoms with Crippen molar-refractivity contribution < 1.29 is 38.7 Å². The predicted molar refractivity (Wildman–Crippen MR) is 75.2 cm³/mol. The van der Waals surface area contributed by atoms with Crippen LogP contribution in [0, 0.1) is 0 Å². The van der Waals surface area contributed by atoms with Gasteiger partial charge in [-0.3, -0.25) is 19.2 Å². The predicted octanol–water partition coefficient (Wildman–Crippen LogP) is 2.11. The van der Waals surface area contributed by atoms with Crippen LogP contribution >= 0.6 is 7.92 Å². The molecule has 0 aliphatic heterocycles. The summed E-state index contributed by atoms with van der Waals surface area (Å²) in [7, 11) is 0.439. The Morgan fingerprint density at radius 3 is 0.842 bits per heavy atom. The Bertz CT molecular complexity index is 98.6. The first-order chi connectivity index (χ1) is 8.85. The molecule has 0 saturated carbocycles. The van der Waals surface area contributed by atoms with E-state index in [1.165, 1.54) is 37.7 Å². The molecule has 0 aliphatic carbocycles. The molecule has 0 aliphatic rings. The summed E-state index contributed by atoms with van der Waals surface area (Å²) >= 11 is 0. The van der Waals surface area contributed by atoms with Crippen LogP contribution in [0.25, 0.3) is 0 Å². The van der Waals surface area contributed by atoms with Gasteiger partial charge in [-0.05, 0) is 18.5 Å². The number of carbonyl (C=O) groups excluding carboxylic acids is 4. The molecule has 0 rings (SSSR count). The van der Waals surface area contributed by atoms with Crippen LogP contribution in [-0.2, 0) is 38.7 Å². The van der Waals surface area contributed by atoms with E-state index in [0.29, 0.717) is 7.92 Å².